The highest BCUT2D eigenvalue weighted by molar-refractivity contribution is 6.31. The first-order valence-corrected chi connectivity index (χ1v) is 7.27. The lowest BCUT2D eigenvalue weighted by Crippen LogP contribution is -2.09. The molecule has 2 rings (SSSR count). The Labute approximate surface area is 119 Å². The van der Waals surface area contributed by atoms with Crippen molar-refractivity contribution in [3.05, 3.63) is 28.6 Å². The topological polar surface area (TPSA) is 52.0 Å². The summed E-state index contributed by atoms with van der Waals surface area (Å²) in [6.07, 6.45) is 4.17. The SMILES string of the molecule is CCC(CCN)CCc1nc2cc(Cl)cc(C)c2o1. The molecule has 1 aromatic heterocycles. The van der Waals surface area contributed by atoms with Crippen molar-refractivity contribution in [2.45, 2.75) is 39.5 Å². The zero-order chi connectivity index (χ0) is 13.8. The number of aromatic nitrogens is 1. The van der Waals surface area contributed by atoms with Crippen LogP contribution in [0, 0.1) is 12.8 Å². The molecule has 1 unspecified atom stereocenters. The van der Waals surface area contributed by atoms with Gasteiger partial charge in [-0.2, -0.15) is 0 Å². The maximum atomic E-state index is 6.03. The second-order valence-electron chi connectivity index (χ2n) is 5.07. The van der Waals surface area contributed by atoms with Crippen molar-refractivity contribution in [2.75, 3.05) is 6.54 Å². The fraction of sp³-hybridized carbons (Fsp3) is 0.533. The van der Waals surface area contributed by atoms with Gasteiger partial charge in [-0.15, -0.1) is 0 Å². The van der Waals surface area contributed by atoms with E-state index in [-0.39, 0.29) is 0 Å². The number of oxazole rings is 1. The Bertz CT molecular complexity index is 550. The van der Waals surface area contributed by atoms with Gasteiger partial charge in [0.15, 0.2) is 11.5 Å². The molecule has 0 bridgehead atoms. The molecule has 0 spiro atoms. The number of nitrogens with two attached hydrogens (primary N) is 1. The average molecular weight is 281 g/mol. The minimum absolute atomic E-state index is 0.657. The van der Waals surface area contributed by atoms with Crippen LogP contribution in [0.2, 0.25) is 5.02 Å². The normalized spacial score (nSPS) is 13.1. The van der Waals surface area contributed by atoms with Gasteiger partial charge in [0.05, 0.1) is 0 Å². The lowest BCUT2D eigenvalue weighted by molar-refractivity contribution is 0.414. The summed E-state index contributed by atoms with van der Waals surface area (Å²) in [6, 6.07) is 3.76. The zero-order valence-electron chi connectivity index (χ0n) is 11.6. The summed E-state index contributed by atoms with van der Waals surface area (Å²) in [5.41, 5.74) is 8.36. The molecule has 0 radical (unpaired) electrons. The van der Waals surface area contributed by atoms with Crippen LogP contribution in [-0.2, 0) is 6.42 Å². The van der Waals surface area contributed by atoms with Crippen molar-refractivity contribution in [3.63, 3.8) is 0 Å². The number of rotatable bonds is 6. The molecule has 2 N–H and O–H groups in total. The molecule has 0 aliphatic heterocycles. The Balaban J connectivity index is 2.11. The van der Waals surface area contributed by atoms with Crippen LogP contribution in [-0.4, -0.2) is 11.5 Å². The molecule has 2 aromatic rings. The smallest absolute Gasteiger partial charge is 0.195 e. The van der Waals surface area contributed by atoms with Crippen molar-refractivity contribution >= 4 is 22.7 Å². The molecule has 1 atom stereocenters. The number of halogens is 1. The molecule has 0 aliphatic rings. The zero-order valence-corrected chi connectivity index (χ0v) is 12.3. The van der Waals surface area contributed by atoms with Crippen molar-refractivity contribution in [1.29, 1.82) is 0 Å². The highest BCUT2D eigenvalue weighted by Gasteiger charge is 2.12. The van der Waals surface area contributed by atoms with Gasteiger partial charge in [-0.1, -0.05) is 24.9 Å². The molecule has 0 saturated carbocycles. The molecule has 1 heterocycles. The molecule has 3 nitrogen and oxygen atoms in total. The summed E-state index contributed by atoms with van der Waals surface area (Å²) in [6.45, 7) is 4.95. The predicted octanol–water partition coefficient (Wildman–Crippen LogP) is 4.10. The maximum absolute atomic E-state index is 6.03. The largest absolute Gasteiger partial charge is 0.440 e. The van der Waals surface area contributed by atoms with E-state index in [0.29, 0.717) is 10.9 Å². The summed E-state index contributed by atoms with van der Waals surface area (Å²) >= 11 is 6.03. The van der Waals surface area contributed by atoms with Gasteiger partial charge in [0, 0.05) is 11.4 Å². The number of nitrogens with zero attached hydrogens (tertiary/aromatic N) is 1. The fourth-order valence-electron chi connectivity index (χ4n) is 2.43. The predicted molar refractivity (Wildman–Crippen MR) is 79.5 cm³/mol. The second kappa shape index (κ2) is 6.40. The molecule has 0 aliphatic carbocycles. The first kappa shape index (κ1) is 14.4. The van der Waals surface area contributed by atoms with Crippen LogP contribution in [0.5, 0.6) is 0 Å². The van der Waals surface area contributed by atoms with Crippen molar-refractivity contribution in [1.82, 2.24) is 4.98 Å². The number of benzene rings is 1. The number of fused-ring (bicyclic) bond motifs is 1. The van der Waals surface area contributed by atoms with E-state index >= 15 is 0 Å². The van der Waals surface area contributed by atoms with E-state index < -0.39 is 0 Å². The quantitative estimate of drug-likeness (QED) is 0.867. The number of hydrogen-bond donors (Lipinski definition) is 1. The summed E-state index contributed by atoms with van der Waals surface area (Å²) in [7, 11) is 0. The monoisotopic (exact) mass is 280 g/mol. The molecular weight excluding hydrogens is 260 g/mol. The van der Waals surface area contributed by atoms with Gasteiger partial charge in [-0.05, 0) is 49.9 Å². The van der Waals surface area contributed by atoms with E-state index in [1.165, 1.54) is 0 Å². The van der Waals surface area contributed by atoms with Crippen LogP contribution in [0.25, 0.3) is 11.1 Å². The van der Waals surface area contributed by atoms with Gasteiger partial charge >= 0.3 is 0 Å². The van der Waals surface area contributed by atoms with E-state index in [1.54, 1.807) is 0 Å². The van der Waals surface area contributed by atoms with E-state index in [1.807, 2.05) is 19.1 Å². The van der Waals surface area contributed by atoms with Gasteiger partial charge < -0.3 is 10.2 Å². The Morgan fingerprint density at radius 1 is 1.37 bits per heavy atom. The standard InChI is InChI=1S/C15H21ClN2O/c1-3-11(6-7-17)4-5-14-18-13-9-12(16)8-10(2)15(13)19-14/h8-9,11H,3-7,17H2,1-2H3. The maximum Gasteiger partial charge on any atom is 0.195 e. The highest BCUT2D eigenvalue weighted by Crippen LogP contribution is 2.25. The molecule has 0 fully saturated rings. The summed E-state index contributed by atoms with van der Waals surface area (Å²) in [5.74, 6) is 1.46. The Morgan fingerprint density at radius 2 is 2.16 bits per heavy atom. The Kier molecular flexibility index (Phi) is 4.83. The van der Waals surface area contributed by atoms with Crippen LogP contribution >= 0.6 is 11.6 Å². The molecule has 0 amide bonds. The minimum Gasteiger partial charge on any atom is -0.440 e. The lowest BCUT2D eigenvalue weighted by atomic mass is 9.97. The van der Waals surface area contributed by atoms with Crippen molar-refractivity contribution in [3.8, 4) is 0 Å². The third kappa shape index (κ3) is 3.48. The lowest BCUT2D eigenvalue weighted by Gasteiger charge is -2.11. The third-order valence-corrected chi connectivity index (χ3v) is 3.82. The van der Waals surface area contributed by atoms with E-state index in [2.05, 4.69) is 11.9 Å². The molecular formula is C15H21ClN2O. The van der Waals surface area contributed by atoms with Crippen molar-refractivity contribution < 1.29 is 4.42 Å². The first-order valence-electron chi connectivity index (χ1n) is 6.89. The molecule has 19 heavy (non-hydrogen) atoms. The second-order valence-corrected chi connectivity index (χ2v) is 5.51. The fourth-order valence-corrected chi connectivity index (χ4v) is 2.69. The minimum atomic E-state index is 0.657. The van der Waals surface area contributed by atoms with Crippen LogP contribution < -0.4 is 5.73 Å². The molecule has 0 saturated heterocycles. The molecule has 1 aromatic carbocycles. The number of hydrogen-bond acceptors (Lipinski definition) is 3. The van der Waals surface area contributed by atoms with Crippen LogP contribution in [0.15, 0.2) is 16.5 Å². The molecule has 104 valence electrons. The Morgan fingerprint density at radius 3 is 2.84 bits per heavy atom. The molecule has 4 heteroatoms. The van der Waals surface area contributed by atoms with Crippen LogP contribution in [0.3, 0.4) is 0 Å². The van der Waals surface area contributed by atoms with Crippen LogP contribution in [0.1, 0.15) is 37.6 Å². The number of aryl methyl sites for hydroxylation is 2. The third-order valence-electron chi connectivity index (χ3n) is 3.60. The van der Waals surface area contributed by atoms with Gasteiger partial charge in [-0.25, -0.2) is 4.98 Å². The average Bonchev–Trinajstić information content (AvgIpc) is 2.77. The highest BCUT2D eigenvalue weighted by atomic mass is 35.5. The van der Waals surface area contributed by atoms with Crippen LogP contribution in [0.4, 0.5) is 0 Å². The summed E-state index contributed by atoms with van der Waals surface area (Å²) in [5, 5.41) is 0.708. The van der Waals surface area contributed by atoms with Gasteiger partial charge in [-0.3, -0.25) is 0 Å². The Hall–Kier alpha value is -1.06. The van der Waals surface area contributed by atoms with Gasteiger partial charge in [0.2, 0.25) is 0 Å². The van der Waals surface area contributed by atoms with Gasteiger partial charge in [0.25, 0.3) is 0 Å². The van der Waals surface area contributed by atoms with Crippen molar-refractivity contribution in [2.24, 2.45) is 11.7 Å². The summed E-state index contributed by atoms with van der Waals surface area (Å²) in [4.78, 5) is 4.52. The first-order chi connectivity index (χ1) is 9.13. The van der Waals surface area contributed by atoms with E-state index in [0.717, 1.165) is 54.8 Å². The van der Waals surface area contributed by atoms with E-state index in [4.69, 9.17) is 21.8 Å². The van der Waals surface area contributed by atoms with Gasteiger partial charge in [0.1, 0.15) is 5.52 Å². The summed E-state index contributed by atoms with van der Waals surface area (Å²) < 4.78 is 5.83. The van der Waals surface area contributed by atoms with E-state index in [9.17, 15) is 0 Å².